The molecule has 2 saturated heterocycles. The third-order valence-corrected chi connectivity index (χ3v) is 14.6. The van der Waals surface area contributed by atoms with Gasteiger partial charge in [0.2, 0.25) is 23.6 Å². The Hall–Kier alpha value is -8.29. The number of carbonyl (C=O) groups excluding carboxylic acids is 5. The van der Waals surface area contributed by atoms with Crippen molar-refractivity contribution in [3.8, 4) is 39.4 Å². The number of β-amino-alcohol motifs (C(OH)–C–C–N with tert-alkyl or cyclic N) is 1. The van der Waals surface area contributed by atoms with Gasteiger partial charge < -0.3 is 46.2 Å². The first-order chi connectivity index (χ1) is 38.5. The van der Waals surface area contributed by atoms with Crippen LogP contribution in [0.25, 0.3) is 21.8 Å². The molecule has 5 amide bonds. The van der Waals surface area contributed by atoms with Gasteiger partial charge in [0, 0.05) is 80.8 Å². The maximum atomic E-state index is 14.2. The molecule has 2 aromatic carbocycles. The predicted octanol–water partition coefficient (Wildman–Crippen LogP) is 6.08. The number of hydrogen-bond acceptors (Lipinski definition) is 16. The quantitative estimate of drug-likeness (QED) is 0.0565. The first-order valence-electron chi connectivity index (χ1n) is 27.1. The van der Waals surface area contributed by atoms with E-state index in [1.54, 1.807) is 76.3 Å². The zero-order valence-electron chi connectivity index (χ0n) is 47.6. The molecule has 21 nitrogen and oxygen atoms in total. The van der Waals surface area contributed by atoms with Crippen molar-refractivity contribution in [1.29, 1.82) is 0 Å². The van der Waals surface area contributed by atoms with Crippen LogP contribution in [0, 0.1) is 30.1 Å². The number of aliphatic hydroxyl groups is 1. The van der Waals surface area contributed by atoms with E-state index >= 15 is 0 Å². The molecule has 6 heterocycles. The predicted molar refractivity (Wildman–Crippen MR) is 296 cm³/mol. The van der Waals surface area contributed by atoms with Crippen LogP contribution in [-0.2, 0) is 26.2 Å². The lowest BCUT2D eigenvalue weighted by Gasteiger charge is -2.35. The average Bonchev–Trinajstić information content (AvgIpc) is 4.20. The summed E-state index contributed by atoms with van der Waals surface area (Å²) in [5.74, 6) is 5.56. The fraction of sp³-hybridized carbons (Fsp3) is 0.411. The fourth-order valence-electron chi connectivity index (χ4n) is 9.35. The summed E-state index contributed by atoms with van der Waals surface area (Å²) in [7, 11) is 3.21. The van der Waals surface area contributed by atoms with E-state index in [4.69, 9.17) is 8.85 Å². The van der Waals surface area contributed by atoms with Crippen molar-refractivity contribution >= 4 is 63.9 Å². The third-order valence-electron chi connectivity index (χ3n) is 13.6. The van der Waals surface area contributed by atoms with Crippen molar-refractivity contribution in [3.63, 3.8) is 0 Å². The molecule has 4 aromatic heterocycles. The number of hydrogen-bond donors (Lipinski definition) is 6. The Morgan fingerprint density at radius 1 is 0.949 bits per heavy atom. The summed E-state index contributed by atoms with van der Waals surface area (Å²) < 4.78 is 30.0. The van der Waals surface area contributed by atoms with Gasteiger partial charge in [-0.25, -0.2) is 15.0 Å². The van der Waals surface area contributed by atoms with Crippen molar-refractivity contribution in [2.45, 2.75) is 97.4 Å². The molecule has 0 bridgehead atoms. The SMILES string of the molecule is [2H]C([2H])([2H])NC(=O)c1nnc(Nc2ccc(C#CC3CCN(C(=O)CCCC(=O)N[C@H](C(=O)N4C[C@H](O)C[C@@H]4C(=O)N[C@@H](C)c4ccc(-c5scnc5C)cc4)C(C)(C)C)CC3)cn2)cc1Nc1cccc(-c2ncn(C)n2)c1OC. The molecule has 0 spiro atoms. The second kappa shape index (κ2) is 24.8. The van der Waals surface area contributed by atoms with E-state index < -0.39 is 48.3 Å². The first-order valence-corrected chi connectivity index (χ1v) is 26.5. The number of nitrogens with zero attached hydrogens (tertiary/aromatic N) is 9. The number of methoxy groups -OCH3 is 1. The molecule has 0 aliphatic carbocycles. The standard InChI is InChI=1S/C56H66N14O7S/c1-33(37-18-20-38(21-19-37)50-34(2)60-32-78-50)61-53(74)43-27-39(71)30-70(43)55(76)51(56(3,4)5)64-46(72)13-10-14-47(73)69-25-23-35(24-26-69)15-16-36-17-22-44(58-29-36)63-45-28-42(48(66-65-45)54(75)57-6)62-41-12-9-11-40(49(41)77-8)52-59-31-68(7)67-52/h9,11-12,17-22,28-29,31-33,35,39,43,51,71H,10,13-14,23-27,30H2,1-8H3,(H,57,75)(H,61,74)(H,64,72)(H2,58,62,63,65)/t33-,39+,43+,51+/m0/s1/i6D3. The fourth-order valence-corrected chi connectivity index (χ4v) is 10.2. The number of aryl methyl sites for hydroxylation is 2. The van der Waals surface area contributed by atoms with Crippen LogP contribution in [0.3, 0.4) is 0 Å². The summed E-state index contributed by atoms with van der Waals surface area (Å²) >= 11 is 1.56. The lowest BCUT2D eigenvalue weighted by Crippen LogP contribution is -2.57. The van der Waals surface area contributed by atoms with E-state index in [-0.39, 0.29) is 73.2 Å². The van der Waals surface area contributed by atoms with Crippen LogP contribution in [0.1, 0.15) is 104 Å². The van der Waals surface area contributed by atoms with Crippen molar-refractivity contribution in [1.82, 2.24) is 60.7 Å². The molecule has 2 fully saturated rings. The van der Waals surface area contributed by atoms with Crippen LogP contribution in [-0.4, -0.2) is 131 Å². The van der Waals surface area contributed by atoms with Gasteiger partial charge in [-0.1, -0.05) is 62.9 Å². The number of amides is 5. The third kappa shape index (κ3) is 13.6. The summed E-state index contributed by atoms with van der Waals surface area (Å²) in [5.41, 5.74) is 5.38. The number of thiazole rings is 1. The van der Waals surface area contributed by atoms with E-state index in [0.29, 0.717) is 60.1 Å². The number of benzene rings is 2. The molecular weight excluding hydrogens is 1010 g/mol. The molecule has 2 aliphatic heterocycles. The number of piperidine rings is 1. The van der Waals surface area contributed by atoms with Gasteiger partial charge in [-0.3, -0.25) is 28.7 Å². The van der Waals surface area contributed by atoms with Crippen molar-refractivity contribution < 1.29 is 37.9 Å². The maximum absolute atomic E-state index is 14.2. The van der Waals surface area contributed by atoms with Crippen LogP contribution < -0.4 is 31.3 Å². The van der Waals surface area contributed by atoms with Crippen molar-refractivity contribution in [2.24, 2.45) is 18.4 Å². The Bertz CT molecular complexity index is 3310. The minimum atomic E-state index is -2.79. The number of aromatic nitrogens is 7. The zero-order valence-corrected chi connectivity index (χ0v) is 45.4. The van der Waals surface area contributed by atoms with Crippen LogP contribution in [0.4, 0.5) is 23.0 Å². The highest BCUT2D eigenvalue weighted by atomic mass is 32.1. The second-order valence-corrected chi connectivity index (χ2v) is 21.3. The normalized spacial score (nSPS) is 17.1. The highest BCUT2D eigenvalue weighted by Gasteiger charge is 2.45. The van der Waals surface area contributed by atoms with Gasteiger partial charge in [0.25, 0.3) is 5.91 Å². The molecule has 8 rings (SSSR count). The van der Waals surface area contributed by atoms with E-state index in [1.807, 2.05) is 64.2 Å². The Morgan fingerprint density at radius 2 is 1.73 bits per heavy atom. The highest BCUT2D eigenvalue weighted by molar-refractivity contribution is 7.13. The lowest BCUT2D eigenvalue weighted by molar-refractivity contribution is -0.144. The molecular formula is C56H66N14O7S. The number of nitrogens with one attached hydrogen (secondary N) is 5. The number of ether oxygens (including phenoxy) is 1. The molecule has 78 heavy (non-hydrogen) atoms. The average molecular weight is 1080 g/mol. The molecule has 2 aliphatic rings. The van der Waals surface area contributed by atoms with Gasteiger partial charge in [-0.15, -0.1) is 21.5 Å². The molecule has 408 valence electrons. The van der Waals surface area contributed by atoms with E-state index in [1.165, 1.54) is 18.1 Å². The highest BCUT2D eigenvalue weighted by Crippen LogP contribution is 2.38. The van der Waals surface area contributed by atoms with Gasteiger partial charge in [0.05, 0.1) is 52.3 Å². The smallest absolute Gasteiger partial charge is 0.273 e. The molecule has 6 N–H and O–H groups in total. The van der Waals surface area contributed by atoms with Gasteiger partial charge in [0.15, 0.2) is 23.1 Å². The minimum Gasteiger partial charge on any atom is -0.494 e. The largest absolute Gasteiger partial charge is 0.494 e. The summed E-state index contributed by atoms with van der Waals surface area (Å²) in [4.78, 5) is 85.1. The van der Waals surface area contributed by atoms with Crippen LogP contribution in [0.2, 0.25) is 0 Å². The number of likely N-dealkylation sites (tertiary alicyclic amines) is 2. The van der Waals surface area contributed by atoms with Crippen LogP contribution in [0.5, 0.6) is 5.75 Å². The minimum absolute atomic E-state index is 0.0170. The maximum Gasteiger partial charge on any atom is 0.273 e. The molecule has 4 atom stereocenters. The number of pyridine rings is 1. The van der Waals surface area contributed by atoms with E-state index in [0.717, 1.165) is 21.7 Å². The number of aliphatic hydroxyl groups excluding tert-OH is 1. The Morgan fingerprint density at radius 3 is 2.40 bits per heavy atom. The summed E-state index contributed by atoms with van der Waals surface area (Å²) in [6.45, 7) is 7.49. The molecule has 0 saturated carbocycles. The Balaban J connectivity index is 0.802. The summed E-state index contributed by atoms with van der Waals surface area (Å²) in [6.07, 6.45) is 4.07. The summed E-state index contributed by atoms with van der Waals surface area (Å²) in [5, 5.41) is 37.3. The second-order valence-electron chi connectivity index (χ2n) is 20.4. The lowest BCUT2D eigenvalue weighted by atomic mass is 9.85. The van der Waals surface area contributed by atoms with Gasteiger partial charge in [0.1, 0.15) is 24.2 Å². The number of rotatable bonds is 17. The summed E-state index contributed by atoms with van der Waals surface area (Å²) in [6, 6.07) is 15.8. The van der Waals surface area contributed by atoms with Crippen LogP contribution >= 0.6 is 11.3 Å². The molecule has 0 radical (unpaired) electrons. The first kappa shape index (κ1) is 51.8. The zero-order chi connectivity index (χ0) is 58.2. The Kier molecular flexibility index (Phi) is 16.5. The van der Waals surface area contributed by atoms with Crippen molar-refractivity contribution in [2.75, 3.05) is 44.4 Å². The van der Waals surface area contributed by atoms with Gasteiger partial charge >= 0.3 is 0 Å². The number of anilines is 4. The van der Waals surface area contributed by atoms with Crippen molar-refractivity contribution in [3.05, 3.63) is 101 Å². The van der Waals surface area contributed by atoms with Gasteiger partial charge in [-0.2, -0.15) is 5.10 Å². The Labute approximate surface area is 461 Å². The monoisotopic (exact) mass is 1080 g/mol. The number of carbonyl (C=O) groups is 5. The van der Waals surface area contributed by atoms with E-state index in [2.05, 4.69) is 63.4 Å². The molecule has 22 heteroatoms. The number of para-hydroxylation sites is 1. The van der Waals surface area contributed by atoms with Gasteiger partial charge in [-0.05, 0) is 73.9 Å². The van der Waals surface area contributed by atoms with Crippen LogP contribution in [0.15, 0.2) is 78.7 Å². The molecule has 6 aromatic rings. The van der Waals surface area contributed by atoms with E-state index in [9.17, 15) is 29.1 Å². The topological polar surface area (TPSA) is 264 Å². The molecule has 0 unspecified atom stereocenters.